The van der Waals surface area contributed by atoms with Gasteiger partial charge >= 0.3 is 6.18 Å². The maximum atomic E-state index is 13.3. The van der Waals surface area contributed by atoms with Gasteiger partial charge in [-0.15, -0.1) is 0 Å². The van der Waals surface area contributed by atoms with Gasteiger partial charge in [-0.1, -0.05) is 28.6 Å². The standard InChI is InChI=1S/C20H19BrF3NO4S/c1-13(28-2)6-8-16-12-25(18-11-15(21)7-9-19(18)29-16)30(26,27)17-5-3-4-14(10-17)20(22,23)24/h3-5,7,9-11,16H,1,6,8,12H2,2H3. The van der Waals surface area contributed by atoms with Crippen LogP contribution < -0.4 is 9.04 Å². The highest BCUT2D eigenvalue weighted by atomic mass is 79.9. The van der Waals surface area contributed by atoms with E-state index in [0.717, 1.165) is 22.5 Å². The number of nitrogens with zero attached hydrogens (tertiary/aromatic N) is 1. The molecule has 5 nitrogen and oxygen atoms in total. The van der Waals surface area contributed by atoms with Gasteiger partial charge in [0.05, 0.1) is 35.6 Å². The Labute approximate surface area is 181 Å². The number of rotatable bonds is 6. The van der Waals surface area contributed by atoms with Gasteiger partial charge in [0, 0.05) is 10.9 Å². The fraction of sp³-hybridized carbons (Fsp3) is 0.300. The summed E-state index contributed by atoms with van der Waals surface area (Å²) in [5.74, 6) is 0.848. The van der Waals surface area contributed by atoms with Crippen LogP contribution in [0, 0.1) is 0 Å². The molecule has 2 aromatic rings. The third-order valence-electron chi connectivity index (χ3n) is 4.64. The molecule has 0 saturated heterocycles. The lowest BCUT2D eigenvalue weighted by Gasteiger charge is -2.35. The summed E-state index contributed by atoms with van der Waals surface area (Å²) in [4.78, 5) is -0.440. The van der Waals surface area contributed by atoms with Gasteiger partial charge in [-0.05, 0) is 42.8 Å². The molecule has 3 rings (SSSR count). The number of allylic oxidation sites excluding steroid dienone is 1. The summed E-state index contributed by atoms with van der Waals surface area (Å²) < 4.78 is 78.6. The van der Waals surface area contributed by atoms with E-state index in [2.05, 4.69) is 22.5 Å². The van der Waals surface area contributed by atoms with E-state index in [0.29, 0.717) is 34.9 Å². The molecule has 0 radical (unpaired) electrons. The summed E-state index contributed by atoms with van der Waals surface area (Å²) >= 11 is 3.30. The topological polar surface area (TPSA) is 55.8 Å². The van der Waals surface area contributed by atoms with Gasteiger partial charge in [-0.25, -0.2) is 8.42 Å². The van der Waals surface area contributed by atoms with Crippen molar-refractivity contribution >= 4 is 31.6 Å². The van der Waals surface area contributed by atoms with Crippen LogP contribution in [0.3, 0.4) is 0 Å². The van der Waals surface area contributed by atoms with E-state index in [-0.39, 0.29) is 12.2 Å². The summed E-state index contributed by atoms with van der Waals surface area (Å²) in [5, 5.41) is 0. The second kappa shape index (κ2) is 8.50. The first kappa shape index (κ1) is 22.5. The van der Waals surface area contributed by atoms with Crippen molar-refractivity contribution in [1.29, 1.82) is 0 Å². The fourth-order valence-electron chi connectivity index (χ4n) is 3.05. The molecule has 0 saturated carbocycles. The second-order valence-electron chi connectivity index (χ2n) is 6.70. The average Bonchev–Trinajstić information content (AvgIpc) is 2.70. The molecule has 2 aromatic carbocycles. The largest absolute Gasteiger partial charge is 0.502 e. The van der Waals surface area contributed by atoms with Gasteiger partial charge in [0.25, 0.3) is 10.0 Å². The SMILES string of the molecule is C=C(CCC1CN(S(=O)(=O)c2cccc(C(F)(F)F)c2)c2cc(Br)ccc2O1)OC. The van der Waals surface area contributed by atoms with Crippen LogP contribution in [0.4, 0.5) is 18.9 Å². The number of alkyl halides is 3. The Kier molecular flexibility index (Phi) is 6.37. The minimum Gasteiger partial charge on any atom is -0.502 e. The van der Waals surface area contributed by atoms with Crippen LogP contribution >= 0.6 is 15.9 Å². The Morgan fingerprint density at radius 3 is 2.70 bits per heavy atom. The first-order valence-electron chi connectivity index (χ1n) is 8.90. The molecular formula is C20H19BrF3NO4S. The highest BCUT2D eigenvalue weighted by Gasteiger charge is 2.37. The molecule has 0 aromatic heterocycles. The van der Waals surface area contributed by atoms with Crippen LogP contribution in [0.15, 0.2) is 64.2 Å². The number of halogens is 4. The number of benzene rings is 2. The molecule has 1 heterocycles. The van der Waals surface area contributed by atoms with Crippen molar-refractivity contribution in [3.63, 3.8) is 0 Å². The highest BCUT2D eigenvalue weighted by molar-refractivity contribution is 9.10. The van der Waals surface area contributed by atoms with Crippen LogP contribution in [-0.4, -0.2) is 28.2 Å². The molecule has 0 amide bonds. The van der Waals surface area contributed by atoms with Crippen molar-refractivity contribution in [3.05, 3.63) is 64.8 Å². The lowest BCUT2D eigenvalue weighted by atomic mass is 10.1. The monoisotopic (exact) mass is 505 g/mol. The number of ether oxygens (including phenoxy) is 2. The van der Waals surface area contributed by atoms with Crippen molar-refractivity contribution in [2.75, 3.05) is 18.0 Å². The Bertz CT molecular complexity index is 1060. The minimum absolute atomic E-state index is 0.0565. The second-order valence-corrected chi connectivity index (χ2v) is 9.47. The third kappa shape index (κ3) is 4.75. The molecule has 10 heteroatoms. The Balaban J connectivity index is 2.01. The van der Waals surface area contributed by atoms with Crippen molar-refractivity contribution in [3.8, 4) is 5.75 Å². The Morgan fingerprint density at radius 2 is 2.03 bits per heavy atom. The molecule has 30 heavy (non-hydrogen) atoms. The Morgan fingerprint density at radius 1 is 1.30 bits per heavy atom. The van der Waals surface area contributed by atoms with Gasteiger partial charge in [0.1, 0.15) is 11.9 Å². The Hall–Kier alpha value is -2.20. The number of hydrogen-bond donors (Lipinski definition) is 0. The highest BCUT2D eigenvalue weighted by Crippen LogP contribution is 2.40. The summed E-state index contributed by atoms with van der Waals surface area (Å²) in [7, 11) is -2.79. The third-order valence-corrected chi connectivity index (χ3v) is 6.90. The number of fused-ring (bicyclic) bond motifs is 1. The van der Waals surface area contributed by atoms with Gasteiger partial charge in [-0.3, -0.25) is 4.31 Å². The molecule has 1 aliphatic rings. The van der Waals surface area contributed by atoms with Crippen LogP contribution in [0.5, 0.6) is 5.75 Å². The predicted octanol–water partition coefficient (Wildman–Crippen LogP) is 5.36. The predicted molar refractivity (Wildman–Crippen MR) is 110 cm³/mol. The van der Waals surface area contributed by atoms with E-state index >= 15 is 0 Å². The molecule has 162 valence electrons. The lowest BCUT2D eigenvalue weighted by molar-refractivity contribution is -0.137. The first-order chi connectivity index (χ1) is 14.0. The average molecular weight is 506 g/mol. The number of sulfonamides is 1. The van der Waals surface area contributed by atoms with Crippen molar-refractivity contribution in [2.24, 2.45) is 0 Å². The molecule has 0 spiro atoms. The van der Waals surface area contributed by atoms with Crippen molar-refractivity contribution in [2.45, 2.75) is 30.0 Å². The summed E-state index contributed by atoms with van der Waals surface area (Å²) in [6.07, 6.45) is -4.30. The maximum absolute atomic E-state index is 13.3. The quantitative estimate of drug-likeness (QED) is 0.495. The fourth-order valence-corrected chi connectivity index (χ4v) is 4.94. The van der Waals surface area contributed by atoms with E-state index in [1.165, 1.54) is 7.11 Å². The van der Waals surface area contributed by atoms with Crippen LogP contribution in [0.1, 0.15) is 18.4 Å². The molecule has 0 N–H and O–H groups in total. The van der Waals surface area contributed by atoms with Crippen molar-refractivity contribution < 1.29 is 31.1 Å². The first-order valence-corrected chi connectivity index (χ1v) is 11.1. The van der Waals surface area contributed by atoms with E-state index in [1.54, 1.807) is 18.2 Å². The summed E-state index contributed by atoms with van der Waals surface area (Å²) in [6.45, 7) is 3.68. The molecule has 1 unspecified atom stereocenters. The van der Waals surface area contributed by atoms with E-state index < -0.39 is 32.8 Å². The number of methoxy groups -OCH3 is 1. The van der Waals surface area contributed by atoms with Crippen LogP contribution in [-0.2, 0) is 20.9 Å². The van der Waals surface area contributed by atoms with Gasteiger partial charge in [0.15, 0.2) is 0 Å². The normalized spacial score (nSPS) is 16.6. The summed E-state index contributed by atoms with van der Waals surface area (Å²) in [6, 6.07) is 8.59. The number of hydrogen-bond acceptors (Lipinski definition) is 4. The molecular weight excluding hydrogens is 487 g/mol. The minimum atomic E-state index is -4.65. The van der Waals surface area contributed by atoms with Crippen LogP contribution in [0.2, 0.25) is 0 Å². The van der Waals surface area contributed by atoms with Gasteiger partial charge in [0.2, 0.25) is 0 Å². The number of anilines is 1. The smallest absolute Gasteiger partial charge is 0.416 e. The summed E-state index contributed by atoms with van der Waals surface area (Å²) in [5.41, 5.74) is -0.775. The van der Waals surface area contributed by atoms with Crippen molar-refractivity contribution in [1.82, 2.24) is 0 Å². The maximum Gasteiger partial charge on any atom is 0.416 e. The molecule has 1 atom stereocenters. The van der Waals surface area contributed by atoms with E-state index in [9.17, 15) is 21.6 Å². The molecule has 0 fully saturated rings. The zero-order valence-electron chi connectivity index (χ0n) is 15.9. The zero-order valence-corrected chi connectivity index (χ0v) is 18.4. The zero-order chi connectivity index (χ0) is 22.1. The van der Waals surface area contributed by atoms with E-state index in [1.807, 2.05) is 0 Å². The van der Waals surface area contributed by atoms with Crippen LogP contribution in [0.25, 0.3) is 0 Å². The van der Waals surface area contributed by atoms with Gasteiger partial charge < -0.3 is 9.47 Å². The lowest BCUT2D eigenvalue weighted by Crippen LogP contribution is -2.43. The molecule has 1 aliphatic heterocycles. The van der Waals surface area contributed by atoms with Gasteiger partial charge in [-0.2, -0.15) is 13.2 Å². The molecule has 0 aliphatic carbocycles. The van der Waals surface area contributed by atoms with E-state index in [4.69, 9.17) is 9.47 Å². The molecule has 0 bridgehead atoms.